The van der Waals surface area contributed by atoms with E-state index in [0.717, 1.165) is 5.69 Å². The maximum atomic E-state index is 5.87. The lowest BCUT2D eigenvalue weighted by atomic mass is 10.3. The van der Waals surface area contributed by atoms with Crippen molar-refractivity contribution in [2.24, 2.45) is 0 Å². The second-order valence-corrected chi connectivity index (χ2v) is 3.62. The number of aromatic nitrogens is 2. The molecule has 2 rings (SSSR count). The highest BCUT2D eigenvalue weighted by Gasteiger charge is 2.05. The third-order valence-corrected chi connectivity index (χ3v) is 2.35. The Labute approximate surface area is 91.0 Å². The van der Waals surface area contributed by atoms with E-state index in [9.17, 15) is 0 Å². The summed E-state index contributed by atoms with van der Waals surface area (Å²) in [4.78, 5) is 0. The van der Waals surface area contributed by atoms with E-state index >= 15 is 0 Å². The van der Waals surface area contributed by atoms with E-state index in [-0.39, 0.29) is 0 Å². The molecule has 1 aromatic heterocycles. The predicted molar refractivity (Wildman–Crippen MR) is 58.0 cm³/mol. The van der Waals surface area contributed by atoms with Crippen LogP contribution < -0.4 is 5.73 Å². The molecule has 72 valence electrons. The molecule has 0 saturated heterocycles. The first-order valence-electron chi connectivity index (χ1n) is 3.93. The van der Waals surface area contributed by atoms with Gasteiger partial charge in [0.25, 0.3) is 0 Å². The Morgan fingerprint density at radius 3 is 2.71 bits per heavy atom. The van der Waals surface area contributed by atoms with Gasteiger partial charge in [-0.15, -0.1) is 0 Å². The quantitative estimate of drug-likeness (QED) is 0.762. The Kier molecular flexibility index (Phi) is 2.35. The number of rotatable bonds is 1. The minimum absolute atomic E-state index is 0.494. The Bertz CT molecular complexity index is 465. The van der Waals surface area contributed by atoms with Crippen LogP contribution in [0.25, 0.3) is 5.69 Å². The van der Waals surface area contributed by atoms with Crippen molar-refractivity contribution < 1.29 is 0 Å². The Hall–Kier alpha value is -1.19. The molecule has 0 fully saturated rings. The normalized spacial score (nSPS) is 10.4. The molecule has 0 amide bonds. The molecular weight excluding hydrogens is 221 g/mol. The van der Waals surface area contributed by atoms with Crippen LogP contribution in [0.3, 0.4) is 0 Å². The van der Waals surface area contributed by atoms with Gasteiger partial charge in [-0.3, -0.25) is 0 Å². The summed E-state index contributed by atoms with van der Waals surface area (Å²) in [6, 6.07) is 5.36. The number of nitrogen functional groups attached to an aromatic ring is 1. The molecule has 0 unspecified atom stereocenters. The molecule has 1 aromatic carbocycles. The zero-order valence-corrected chi connectivity index (χ0v) is 8.63. The second kappa shape index (κ2) is 3.52. The third kappa shape index (κ3) is 1.56. The lowest BCUT2D eigenvalue weighted by Gasteiger charge is -2.06. The summed E-state index contributed by atoms with van der Waals surface area (Å²) >= 11 is 11.6. The molecule has 0 spiro atoms. The van der Waals surface area contributed by atoms with Gasteiger partial charge in [0, 0.05) is 6.20 Å². The smallest absolute Gasteiger partial charge is 0.0890 e. The van der Waals surface area contributed by atoms with Crippen LogP contribution in [0, 0.1) is 0 Å². The fourth-order valence-electron chi connectivity index (χ4n) is 1.16. The molecule has 2 N–H and O–H groups in total. The Balaban J connectivity index is 2.57. The van der Waals surface area contributed by atoms with Crippen molar-refractivity contribution in [3.63, 3.8) is 0 Å². The van der Waals surface area contributed by atoms with Crippen LogP contribution in [0.5, 0.6) is 0 Å². The van der Waals surface area contributed by atoms with Gasteiger partial charge in [0.2, 0.25) is 0 Å². The summed E-state index contributed by atoms with van der Waals surface area (Å²) in [7, 11) is 0. The van der Waals surface area contributed by atoms with Crippen LogP contribution in [-0.4, -0.2) is 9.78 Å². The number of hydrogen-bond acceptors (Lipinski definition) is 2. The summed E-state index contributed by atoms with van der Waals surface area (Å²) in [6.07, 6.45) is 3.21. The maximum Gasteiger partial charge on any atom is 0.0890 e. The molecule has 0 aliphatic heterocycles. The van der Waals surface area contributed by atoms with Crippen molar-refractivity contribution in [1.82, 2.24) is 9.78 Å². The van der Waals surface area contributed by atoms with Crippen LogP contribution in [0.4, 0.5) is 5.69 Å². The average molecular weight is 228 g/mol. The van der Waals surface area contributed by atoms with Gasteiger partial charge in [0.1, 0.15) is 0 Å². The molecule has 0 bridgehead atoms. The topological polar surface area (TPSA) is 43.8 Å². The van der Waals surface area contributed by atoms with E-state index in [4.69, 9.17) is 28.9 Å². The van der Waals surface area contributed by atoms with E-state index < -0.39 is 0 Å². The van der Waals surface area contributed by atoms with Gasteiger partial charge < -0.3 is 5.73 Å². The van der Waals surface area contributed by atoms with Crippen molar-refractivity contribution in [2.45, 2.75) is 0 Å². The minimum atomic E-state index is 0.494. The standard InChI is InChI=1S/C9H7Cl2N3/c10-6-4-13-14(5-6)8-3-1-2-7(11)9(8)12/h1-5H,12H2. The molecule has 14 heavy (non-hydrogen) atoms. The molecule has 5 heteroatoms. The lowest BCUT2D eigenvalue weighted by Crippen LogP contribution is -2.00. The highest BCUT2D eigenvalue weighted by Crippen LogP contribution is 2.25. The number of benzene rings is 1. The van der Waals surface area contributed by atoms with Crippen LogP contribution >= 0.6 is 23.2 Å². The van der Waals surface area contributed by atoms with E-state index in [0.29, 0.717) is 15.7 Å². The van der Waals surface area contributed by atoms with Crippen molar-refractivity contribution in [3.8, 4) is 5.69 Å². The first-order valence-corrected chi connectivity index (χ1v) is 4.68. The molecule has 3 nitrogen and oxygen atoms in total. The van der Waals surface area contributed by atoms with Gasteiger partial charge in [0.15, 0.2) is 0 Å². The van der Waals surface area contributed by atoms with E-state index in [2.05, 4.69) is 5.10 Å². The first kappa shape index (κ1) is 9.37. The fourth-order valence-corrected chi connectivity index (χ4v) is 1.46. The van der Waals surface area contributed by atoms with Gasteiger partial charge >= 0.3 is 0 Å². The first-order chi connectivity index (χ1) is 6.68. The van der Waals surface area contributed by atoms with Crippen molar-refractivity contribution in [2.75, 3.05) is 5.73 Å². The molecule has 0 aliphatic carbocycles. The monoisotopic (exact) mass is 227 g/mol. The number of para-hydroxylation sites is 1. The molecular formula is C9H7Cl2N3. The Morgan fingerprint density at radius 2 is 2.07 bits per heavy atom. The van der Waals surface area contributed by atoms with Crippen LogP contribution in [0.1, 0.15) is 0 Å². The molecule has 1 heterocycles. The van der Waals surface area contributed by atoms with Gasteiger partial charge in [-0.25, -0.2) is 4.68 Å². The highest BCUT2D eigenvalue weighted by atomic mass is 35.5. The lowest BCUT2D eigenvalue weighted by molar-refractivity contribution is 0.883. The van der Waals surface area contributed by atoms with Crippen molar-refractivity contribution in [3.05, 3.63) is 40.6 Å². The predicted octanol–water partition coefficient (Wildman–Crippen LogP) is 2.76. The number of anilines is 1. The number of halogens is 2. The van der Waals surface area contributed by atoms with Crippen LogP contribution in [-0.2, 0) is 0 Å². The molecule has 0 aliphatic rings. The minimum Gasteiger partial charge on any atom is -0.396 e. The van der Waals surface area contributed by atoms with E-state index in [1.165, 1.54) is 0 Å². The van der Waals surface area contributed by atoms with Gasteiger partial charge in [-0.2, -0.15) is 5.10 Å². The zero-order chi connectivity index (χ0) is 10.1. The zero-order valence-electron chi connectivity index (χ0n) is 7.11. The molecule has 2 aromatic rings. The maximum absolute atomic E-state index is 5.87. The number of nitrogens with zero attached hydrogens (tertiary/aromatic N) is 2. The van der Waals surface area contributed by atoms with E-state index in [1.807, 2.05) is 12.1 Å². The van der Waals surface area contributed by atoms with Gasteiger partial charge in [0.05, 0.1) is 27.6 Å². The number of hydrogen-bond donors (Lipinski definition) is 1. The fraction of sp³-hybridized carbons (Fsp3) is 0. The second-order valence-electron chi connectivity index (χ2n) is 2.78. The van der Waals surface area contributed by atoms with Gasteiger partial charge in [-0.1, -0.05) is 29.3 Å². The molecule has 0 atom stereocenters. The summed E-state index contributed by atoms with van der Waals surface area (Å²) < 4.78 is 1.59. The summed E-state index contributed by atoms with van der Waals surface area (Å²) in [5.41, 5.74) is 7.01. The van der Waals surface area contributed by atoms with Crippen LogP contribution in [0.15, 0.2) is 30.6 Å². The number of nitrogens with two attached hydrogens (primary N) is 1. The highest BCUT2D eigenvalue weighted by molar-refractivity contribution is 6.33. The summed E-state index contributed by atoms with van der Waals surface area (Å²) in [5, 5.41) is 5.10. The summed E-state index contributed by atoms with van der Waals surface area (Å²) in [6.45, 7) is 0. The average Bonchev–Trinajstić information content (AvgIpc) is 2.57. The van der Waals surface area contributed by atoms with Crippen molar-refractivity contribution >= 4 is 28.9 Å². The Morgan fingerprint density at radius 1 is 1.29 bits per heavy atom. The van der Waals surface area contributed by atoms with Gasteiger partial charge in [-0.05, 0) is 12.1 Å². The molecule has 0 radical (unpaired) electrons. The van der Waals surface area contributed by atoms with E-state index in [1.54, 1.807) is 23.1 Å². The largest absolute Gasteiger partial charge is 0.396 e. The SMILES string of the molecule is Nc1c(Cl)cccc1-n1cc(Cl)cn1. The van der Waals surface area contributed by atoms with Crippen molar-refractivity contribution in [1.29, 1.82) is 0 Å². The summed E-state index contributed by atoms with van der Waals surface area (Å²) in [5.74, 6) is 0. The molecule has 0 saturated carbocycles. The van der Waals surface area contributed by atoms with Crippen LogP contribution in [0.2, 0.25) is 10.0 Å². The third-order valence-electron chi connectivity index (χ3n) is 1.83.